The summed E-state index contributed by atoms with van der Waals surface area (Å²) in [7, 11) is 0. The average molecular weight is 241 g/mol. The molecule has 0 aromatic heterocycles. The topological polar surface area (TPSA) is 66.4 Å². The fourth-order valence-corrected chi connectivity index (χ4v) is 2.74. The van der Waals surface area contributed by atoms with Crippen molar-refractivity contribution >= 4 is 12.4 Å². The van der Waals surface area contributed by atoms with E-state index in [9.17, 15) is 14.7 Å². The zero-order valence-corrected chi connectivity index (χ0v) is 11.0. The maximum Gasteiger partial charge on any atom is 0.329 e. The van der Waals surface area contributed by atoms with E-state index in [0.717, 1.165) is 19.3 Å². The van der Waals surface area contributed by atoms with E-state index in [1.165, 1.54) is 0 Å². The van der Waals surface area contributed by atoms with Gasteiger partial charge in [0.1, 0.15) is 5.54 Å². The predicted octanol–water partition coefficient (Wildman–Crippen LogP) is 2.18. The summed E-state index contributed by atoms with van der Waals surface area (Å²) >= 11 is 0. The molecule has 1 rings (SSSR count). The van der Waals surface area contributed by atoms with E-state index in [4.69, 9.17) is 0 Å². The second kappa shape index (κ2) is 5.07. The number of aliphatic carboxylic acids is 1. The van der Waals surface area contributed by atoms with Gasteiger partial charge in [-0.1, -0.05) is 27.2 Å². The largest absolute Gasteiger partial charge is 0.480 e. The fourth-order valence-electron chi connectivity index (χ4n) is 2.74. The number of carboxylic acid groups (broad SMARTS) is 1. The number of nitrogens with one attached hydrogen (secondary N) is 1. The average Bonchev–Trinajstić information content (AvgIpc) is 2.41. The monoisotopic (exact) mass is 241 g/mol. The van der Waals surface area contributed by atoms with E-state index in [0.29, 0.717) is 25.2 Å². The first kappa shape index (κ1) is 14.0. The fraction of sp³-hybridized carbons (Fsp3) is 0.846. The maximum absolute atomic E-state index is 11.4. The van der Waals surface area contributed by atoms with Crippen molar-refractivity contribution in [3.05, 3.63) is 0 Å². The highest BCUT2D eigenvalue weighted by Crippen LogP contribution is 2.39. The minimum absolute atomic E-state index is 0.204. The predicted molar refractivity (Wildman–Crippen MR) is 65.6 cm³/mol. The lowest BCUT2D eigenvalue weighted by Crippen LogP contribution is -2.51. The number of carbonyl (C=O) groups excluding carboxylic acids is 1. The van der Waals surface area contributed by atoms with E-state index in [1.54, 1.807) is 0 Å². The van der Waals surface area contributed by atoms with Gasteiger partial charge in [-0.2, -0.15) is 0 Å². The molecule has 0 aliphatic heterocycles. The molecule has 0 aromatic carbocycles. The highest BCUT2D eigenvalue weighted by atomic mass is 16.4. The smallest absolute Gasteiger partial charge is 0.329 e. The Labute approximate surface area is 103 Å². The molecule has 0 spiro atoms. The minimum Gasteiger partial charge on any atom is -0.480 e. The van der Waals surface area contributed by atoms with Crippen LogP contribution in [0, 0.1) is 11.3 Å². The van der Waals surface area contributed by atoms with Crippen molar-refractivity contribution in [2.75, 3.05) is 0 Å². The molecule has 0 bridgehead atoms. The summed E-state index contributed by atoms with van der Waals surface area (Å²) in [4.78, 5) is 22.0. The Morgan fingerprint density at radius 1 is 1.35 bits per heavy atom. The van der Waals surface area contributed by atoms with Crippen LogP contribution in [0.3, 0.4) is 0 Å². The zero-order valence-electron chi connectivity index (χ0n) is 11.0. The molecule has 1 fully saturated rings. The molecule has 98 valence electrons. The first-order valence-electron chi connectivity index (χ1n) is 6.26. The van der Waals surface area contributed by atoms with Crippen LogP contribution in [0.25, 0.3) is 0 Å². The van der Waals surface area contributed by atoms with Crippen LogP contribution in [0.1, 0.15) is 52.9 Å². The molecular formula is C13H23NO3. The first-order valence-corrected chi connectivity index (χ1v) is 6.26. The molecule has 4 nitrogen and oxygen atoms in total. The van der Waals surface area contributed by atoms with Crippen LogP contribution >= 0.6 is 0 Å². The number of rotatable bonds is 3. The lowest BCUT2D eigenvalue weighted by atomic mass is 9.76. The summed E-state index contributed by atoms with van der Waals surface area (Å²) in [6, 6.07) is 0. The molecule has 2 unspecified atom stereocenters. The normalized spacial score (nSPS) is 30.4. The lowest BCUT2D eigenvalue weighted by Gasteiger charge is -2.31. The van der Waals surface area contributed by atoms with Gasteiger partial charge in [0.25, 0.3) is 0 Å². The summed E-state index contributed by atoms with van der Waals surface area (Å²) in [6.45, 7) is 6.58. The van der Waals surface area contributed by atoms with Gasteiger partial charge in [-0.15, -0.1) is 0 Å². The van der Waals surface area contributed by atoms with Crippen molar-refractivity contribution in [1.82, 2.24) is 5.32 Å². The van der Waals surface area contributed by atoms with Gasteiger partial charge in [0, 0.05) is 0 Å². The second-order valence-electron chi connectivity index (χ2n) is 6.14. The van der Waals surface area contributed by atoms with Gasteiger partial charge in [0.15, 0.2) is 0 Å². The maximum atomic E-state index is 11.4. The number of amides is 1. The van der Waals surface area contributed by atoms with Gasteiger partial charge < -0.3 is 10.4 Å². The van der Waals surface area contributed by atoms with Crippen molar-refractivity contribution < 1.29 is 14.7 Å². The minimum atomic E-state index is -1.04. The zero-order chi connectivity index (χ0) is 13.1. The standard InChI is InChI=1S/C13H23NO3/c1-12(2,3)10-5-4-7-13(8-6-10,11(16)17)14-9-15/h9-10H,4-8H2,1-3H3,(H,14,15)(H,16,17). The van der Waals surface area contributed by atoms with E-state index in [1.807, 2.05) is 0 Å². The second-order valence-corrected chi connectivity index (χ2v) is 6.14. The van der Waals surface area contributed by atoms with E-state index in [-0.39, 0.29) is 5.41 Å². The summed E-state index contributed by atoms with van der Waals surface area (Å²) in [6.07, 6.45) is 4.34. The van der Waals surface area contributed by atoms with E-state index >= 15 is 0 Å². The Balaban J connectivity index is 2.80. The molecule has 0 heterocycles. The molecule has 0 aromatic rings. The number of carboxylic acids is 1. The summed E-state index contributed by atoms with van der Waals surface area (Å²) in [5.41, 5.74) is -0.836. The van der Waals surface area contributed by atoms with Gasteiger partial charge >= 0.3 is 5.97 Å². The van der Waals surface area contributed by atoms with Crippen LogP contribution in [0.2, 0.25) is 0 Å². The molecule has 17 heavy (non-hydrogen) atoms. The Hall–Kier alpha value is -1.06. The van der Waals surface area contributed by atoms with Crippen molar-refractivity contribution in [2.45, 2.75) is 58.4 Å². The molecular weight excluding hydrogens is 218 g/mol. The Morgan fingerprint density at radius 2 is 2.00 bits per heavy atom. The van der Waals surface area contributed by atoms with Crippen molar-refractivity contribution in [3.63, 3.8) is 0 Å². The van der Waals surface area contributed by atoms with Crippen LogP contribution < -0.4 is 5.32 Å². The molecule has 2 atom stereocenters. The van der Waals surface area contributed by atoms with Crippen LogP contribution in [0.15, 0.2) is 0 Å². The van der Waals surface area contributed by atoms with Crippen LogP contribution in [-0.2, 0) is 9.59 Å². The highest BCUT2D eigenvalue weighted by Gasteiger charge is 2.41. The van der Waals surface area contributed by atoms with Gasteiger partial charge in [-0.3, -0.25) is 4.79 Å². The molecule has 0 saturated heterocycles. The quantitative estimate of drug-likeness (QED) is 0.588. The molecule has 1 saturated carbocycles. The molecule has 1 amide bonds. The highest BCUT2D eigenvalue weighted by molar-refractivity contribution is 5.81. The summed E-state index contributed by atoms with van der Waals surface area (Å²) in [5.74, 6) is -0.378. The first-order chi connectivity index (χ1) is 7.82. The molecule has 1 aliphatic carbocycles. The molecule has 2 N–H and O–H groups in total. The van der Waals surface area contributed by atoms with E-state index in [2.05, 4.69) is 26.1 Å². The molecule has 0 radical (unpaired) electrons. The Bertz CT molecular complexity index is 296. The SMILES string of the molecule is CC(C)(C)C1CCCC(NC=O)(C(=O)O)CC1. The van der Waals surface area contributed by atoms with Crippen molar-refractivity contribution in [1.29, 1.82) is 0 Å². The third-order valence-electron chi connectivity index (χ3n) is 4.05. The Morgan fingerprint density at radius 3 is 2.47 bits per heavy atom. The van der Waals surface area contributed by atoms with Gasteiger partial charge in [0.05, 0.1) is 0 Å². The molecule has 1 aliphatic rings. The number of hydrogen-bond donors (Lipinski definition) is 2. The summed E-state index contributed by atoms with van der Waals surface area (Å²) < 4.78 is 0. The third-order valence-corrected chi connectivity index (χ3v) is 4.05. The van der Waals surface area contributed by atoms with E-state index < -0.39 is 11.5 Å². The number of hydrogen-bond acceptors (Lipinski definition) is 2. The number of carbonyl (C=O) groups is 2. The van der Waals surface area contributed by atoms with Crippen LogP contribution in [-0.4, -0.2) is 23.0 Å². The third kappa shape index (κ3) is 3.20. The lowest BCUT2D eigenvalue weighted by molar-refractivity contribution is -0.147. The van der Waals surface area contributed by atoms with Crippen molar-refractivity contribution in [3.8, 4) is 0 Å². The van der Waals surface area contributed by atoms with Crippen molar-refractivity contribution in [2.24, 2.45) is 11.3 Å². The van der Waals surface area contributed by atoms with Gasteiger partial charge in [-0.05, 0) is 37.0 Å². The van der Waals surface area contributed by atoms with Crippen LogP contribution in [0.4, 0.5) is 0 Å². The van der Waals surface area contributed by atoms with Crippen LogP contribution in [0.5, 0.6) is 0 Å². The summed E-state index contributed by atoms with van der Waals surface area (Å²) in [5, 5.41) is 11.8. The van der Waals surface area contributed by atoms with Gasteiger partial charge in [-0.25, -0.2) is 4.79 Å². The molecule has 4 heteroatoms. The Kier molecular flexibility index (Phi) is 4.17. The van der Waals surface area contributed by atoms with Gasteiger partial charge in [0.2, 0.25) is 6.41 Å².